The molecule has 2 N–H and O–H groups in total. The van der Waals surface area contributed by atoms with Crippen LogP contribution in [0.5, 0.6) is 0 Å². The van der Waals surface area contributed by atoms with Crippen LogP contribution in [0, 0.1) is 0 Å². The molecule has 0 radical (unpaired) electrons. The number of unbranched alkanes of at least 4 members (excludes halogenated alkanes) is 8. The van der Waals surface area contributed by atoms with E-state index in [1.165, 1.54) is 44.9 Å². The Hall–Kier alpha value is -1.22. The number of carbonyl (C=O) groups is 2. The van der Waals surface area contributed by atoms with E-state index >= 15 is 0 Å². The van der Waals surface area contributed by atoms with E-state index in [1.807, 2.05) is 0 Å². The van der Waals surface area contributed by atoms with Crippen LogP contribution in [0.15, 0.2) is 0 Å². The third-order valence-electron chi connectivity index (χ3n) is 6.10. The summed E-state index contributed by atoms with van der Waals surface area (Å²) in [5, 5.41) is 5.72. The molecule has 0 heterocycles. The molecular formula is C29H58N2O6. The van der Waals surface area contributed by atoms with Crippen molar-refractivity contribution in [2.45, 2.75) is 117 Å². The van der Waals surface area contributed by atoms with Crippen molar-refractivity contribution in [2.75, 3.05) is 59.3 Å². The zero-order valence-corrected chi connectivity index (χ0v) is 24.3. The highest BCUT2D eigenvalue weighted by Crippen LogP contribution is 2.15. The number of ether oxygens (including phenoxy) is 4. The van der Waals surface area contributed by atoms with Crippen LogP contribution >= 0.6 is 0 Å². The lowest BCUT2D eigenvalue weighted by Crippen LogP contribution is -2.32. The van der Waals surface area contributed by atoms with Crippen LogP contribution in [-0.2, 0) is 28.5 Å². The molecule has 0 aromatic rings. The van der Waals surface area contributed by atoms with Gasteiger partial charge in [-0.3, -0.25) is 9.59 Å². The molecular weight excluding hydrogens is 472 g/mol. The van der Waals surface area contributed by atoms with E-state index < -0.39 is 0 Å². The van der Waals surface area contributed by atoms with Gasteiger partial charge in [-0.15, -0.1) is 0 Å². The first-order valence-electron chi connectivity index (χ1n) is 15.0. The Kier molecular flexibility index (Phi) is 28.4. The maximum Gasteiger partial charge on any atom is 0.246 e. The van der Waals surface area contributed by atoms with Gasteiger partial charge in [0.15, 0.2) is 0 Å². The molecule has 0 spiro atoms. The molecule has 0 rings (SSSR count). The van der Waals surface area contributed by atoms with Crippen molar-refractivity contribution in [1.82, 2.24) is 10.6 Å². The Balaban J connectivity index is 3.58. The minimum atomic E-state index is -0.0828. The van der Waals surface area contributed by atoms with E-state index in [0.717, 1.165) is 38.5 Å². The number of hydrogen-bond acceptors (Lipinski definition) is 6. The third-order valence-corrected chi connectivity index (χ3v) is 6.10. The van der Waals surface area contributed by atoms with Gasteiger partial charge in [-0.1, -0.05) is 85.0 Å². The van der Waals surface area contributed by atoms with Crippen LogP contribution in [0.1, 0.15) is 111 Å². The number of rotatable bonds is 29. The third kappa shape index (κ3) is 27.6. The summed E-state index contributed by atoms with van der Waals surface area (Å²) >= 11 is 0. The normalized spacial score (nSPS) is 12.0. The Bertz CT molecular complexity index is 507. The molecule has 2 amide bonds. The van der Waals surface area contributed by atoms with Crippen LogP contribution in [0.4, 0.5) is 0 Å². The zero-order valence-electron chi connectivity index (χ0n) is 24.3. The summed E-state index contributed by atoms with van der Waals surface area (Å²) in [5.74, 6) is 0.00885. The molecule has 0 bridgehead atoms. The second-order valence-corrected chi connectivity index (χ2v) is 9.63. The molecule has 220 valence electrons. The van der Waals surface area contributed by atoms with Crippen molar-refractivity contribution in [3.63, 3.8) is 0 Å². The van der Waals surface area contributed by atoms with E-state index in [4.69, 9.17) is 18.9 Å². The predicted molar refractivity (Wildman–Crippen MR) is 150 cm³/mol. The van der Waals surface area contributed by atoms with Crippen molar-refractivity contribution in [3.8, 4) is 0 Å². The summed E-state index contributed by atoms with van der Waals surface area (Å²) in [6.45, 7) is 10.5. The van der Waals surface area contributed by atoms with Crippen molar-refractivity contribution >= 4 is 11.8 Å². The fourth-order valence-electron chi connectivity index (χ4n) is 3.84. The van der Waals surface area contributed by atoms with Crippen LogP contribution in [0.2, 0.25) is 0 Å². The van der Waals surface area contributed by atoms with Crippen molar-refractivity contribution < 1.29 is 28.5 Å². The highest BCUT2D eigenvalue weighted by atomic mass is 16.5. The summed E-state index contributed by atoms with van der Waals surface area (Å²) < 4.78 is 22.4. The summed E-state index contributed by atoms with van der Waals surface area (Å²) in [4.78, 5) is 23.7. The molecule has 0 aliphatic heterocycles. The molecule has 0 saturated heterocycles. The van der Waals surface area contributed by atoms with Gasteiger partial charge in [-0.2, -0.15) is 0 Å². The van der Waals surface area contributed by atoms with Gasteiger partial charge < -0.3 is 29.6 Å². The van der Waals surface area contributed by atoms with Crippen molar-refractivity contribution in [2.24, 2.45) is 0 Å². The highest BCUT2D eigenvalue weighted by molar-refractivity contribution is 5.77. The van der Waals surface area contributed by atoms with Gasteiger partial charge in [0.05, 0.1) is 45.7 Å². The van der Waals surface area contributed by atoms with Crippen molar-refractivity contribution in [3.05, 3.63) is 0 Å². The molecule has 37 heavy (non-hydrogen) atoms. The first-order valence-corrected chi connectivity index (χ1v) is 15.0. The summed E-state index contributed by atoms with van der Waals surface area (Å²) in [7, 11) is 0. The Morgan fingerprint density at radius 3 is 1.62 bits per heavy atom. The number of hydrogen-bond donors (Lipinski definition) is 2. The number of carbonyl (C=O) groups excluding carboxylic acids is 2. The number of amides is 2. The van der Waals surface area contributed by atoms with E-state index in [0.29, 0.717) is 59.2 Å². The van der Waals surface area contributed by atoms with E-state index in [2.05, 4.69) is 31.4 Å². The lowest BCUT2D eigenvalue weighted by molar-refractivity contribution is -0.128. The van der Waals surface area contributed by atoms with Gasteiger partial charge in [0.2, 0.25) is 11.8 Å². The van der Waals surface area contributed by atoms with Crippen molar-refractivity contribution in [1.29, 1.82) is 0 Å². The fourth-order valence-corrected chi connectivity index (χ4v) is 3.84. The maximum atomic E-state index is 12.1. The largest absolute Gasteiger partial charge is 0.377 e. The lowest BCUT2D eigenvalue weighted by Gasteiger charge is -2.18. The topological polar surface area (TPSA) is 95.1 Å². The summed E-state index contributed by atoms with van der Waals surface area (Å²) in [5.41, 5.74) is 0. The van der Waals surface area contributed by atoms with E-state index in [1.54, 1.807) is 0 Å². The van der Waals surface area contributed by atoms with Gasteiger partial charge >= 0.3 is 0 Å². The first kappa shape index (κ1) is 35.8. The molecule has 0 aliphatic rings. The summed E-state index contributed by atoms with van der Waals surface area (Å²) in [6.07, 6.45) is 15.9. The predicted octanol–water partition coefficient (Wildman–Crippen LogP) is 5.17. The average Bonchev–Trinajstić information content (AvgIpc) is 2.89. The smallest absolute Gasteiger partial charge is 0.246 e. The Morgan fingerprint density at radius 2 is 1.03 bits per heavy atom. The lowest BCUT2D eigenvalue weighted by atomic mass is 10.0. The molecule has 0 aromatic carbocycles. The Morgan fingerprint density at radius 1 is 0.568 bits per heavy atom. The Labute approximate surface area is 227 Å². The zero-order chi connectivity index (χ0) is 27.2. The average molecular weight is 531 g/mol. The van der Waals surface area contributed by atoms with Gasteiger partial charge in [-0.25, -0.2) is 0 Å². The second kappa shape index (κ2) is 29.3. The minimum absolute atomic E-state index is 0.0828. The van der Waals surface area contributed by atoms with Crippen LogP contribution in [0.3, 0.4) is 0 Å². The van der Waals surface area contributed by atoms with Gasteiger partial charge in [-0.05, 0) is 19.3 Å². The SMILES string of the molecule is CCCCCCCC(CCCCC)OCC(=O)NCCOCCOCCOCCNC(=O)CCCCC. The first-order chi connectivity index (χ1) is 18.1. The minimum Gasteiger partial charge on any atom is -0.377 e. The molecule has 8 heteroatoms. The van der Waals surface area contributed by atoms with Gasteiger partial charge in [0, 0.05) is 19.5 Å². The second-order valence-electron chi connectivity index (χ2n) is 9.63. The number of nitrogens with one attached hydrogen (secondary N) is 2. The van der Waals surface area contributed by atoms with Gasteiger partial charge in [0.25, 0.3) is 0 Å². The summed E-state index contributed by atoms with van der Waals surface area (Å²) in [6, 6.07) is 0. The maximum absolute atomic E-state index is 12.1. The molecule has 8 nitrogen and oxygen atoms in total. The molecule has 0 aliphatic carbocycles. The van der Waals surface area contributed by atoms with Crippen LogP contribution in [0.25, 0.3) is 0 Å². The van der Waals surface area contributed by atoms with E-state index in [-0.39, 0.29) is 24.5 Å². The molecule has 1 unspecified atom stereocenters. The molecule has 1 atom stereocenters. The monoisotopic (exact) mass is 530 g/mol. The van der Waals surface area contributed by atoms with Gasteiger partial charge in [0.1, 0.15) is 6.61 Å². The molecule has 0 aromatic heterocycles. The quantitative estimate of drug-likeness (QED) is 0.130. The highest BCUT2D eigenvalue weighted by Gasteiger charge is 2.11. The standard InChI is InChI=1S/C29H58N2O6/c1-4-7-10-11-14-16-27(15-12-8-5-2)37-26-29(33)31-19-21-35-23-25-36-24-22-34-20-18-30-28(32)17-13-9-6-3/h27H,4-26H2,1-3H3,(H,30,32)(H,31,33). The fraction of sp³-hybridized carbons (Fsp3) is 0.931. The van der Waals surface area contributed by atoms with Crippen LogP contribution < -0.4 is 10.6 Å². The van der Waals surface area contributed by atoms with Crippen LogP contribution in [-0.4, -0.2) is 77.3 Å². The molecule has 0 saturated carbocycles. The molecule has 0 fully saturated rings. The van der Waals surface area contributed by atoms with E-state index in [9.17, 15) is 9.59 Å².